The van der Waals surface area contributed by atoms with Gasteiger partial charge in [0.1, 0.15) is 5.69 Å². The molecular formula is C18H24ClN5O. The van der Waals surface area contributed by atoms with Crippen molar-refractivity contribution in [2.75, 3.05) is 32.5 Å². The Morgan fingerprint density at radius 2 is 1.96 bits per heavy atom. The van der Waals surface area contributed by atoms with Crippen LogP contribution in [0.15, 0.2) is 24.3 Å². The van der Waals surface area contributed by atoms with Gasteiger partial charge in [-0.25, -0.2) is 9.97 Å². The summed E-state index contributed by atoms with van der Waals surface area (Å²) in [7, 11) is 4.01. The normalized spacial score (nSPS) is 10.8. The van der Waals surface area contributed by atoms with Crippen molar-refractivity contribution in [2.45, 2.75) is 20.3 Å². The number of amides is 1. The number of anilines is 2. The molecule has 6 nitrogen and oxygen atoms in total. The average molecular weight is 362 g/mol. The second kappa shape index (κ2) is 8.78. The number of nitrogens with one attached hydrogen (secondary N) is 2. The van der Waals surface area contributed by atoms with Crippen LogP contribution in [0.1, 0.15) is 28.2 Å². The van der Waals surface area contributed by atoms with Crippen LogP contribution in [0.4, 0.5) is 11.6 Å². The Morgan fingerprint density at radius 1 is 1.20 bits per heavy atom. The van der Waals surface area contributed by atoms with Crippen LogP contribution in [0.3, 0.4) is 0 Å². The third kappa shape index (κ3) is 5.99. The number of benzene rings is 1. The van der Waals surface area contributed by atoms with E-state index in [9.17, 15) is 4.79 Å². The summed E-state index contributed by atoms with van der Waals surface area (Å²) in [6.45, 7) is 5.32. The zero-order valence-electron chi connectivity index (χ0n) is 15.1. The number of nitrogens with zero attached hydrogens (tertiary/aromatic N) is 3. The van der Waals surface area contributed by atoms with E-state index in [0.29, 0.717) is 23.2 Å². The van der Waals surface area contributed by atoms with Crippen molar-refractivity contribution in [2.24, 2.45) is 0 Å². The van der Waals surface area contributed by atoms with Crippen LogP contribution >= 0.6 is 11.6 Å². The van der Waals surface area contributed by atoms with Crippen molar-refractivity contribution < 1.29 is 4.79 Å². The standard InChI is InChI=1S/C18H24ClN5O/c1-12-10-14(19)6-7-15(12)22-18-21-13(2)11-16(23-18)17(25)20-8-5-9-24(3)4/h6-7,10-11H,5,8-9H2,1-4H3,(H,20,25)(H,21,22,23). The highest BCUT2D eigenvalue weighted by molar-refractivity contribution is 6.30. The molecule has 7 heteroatoms. The number of carbonyl (C=O) groups is 1. The molecule has 0 saturated carbocycles. The van der Waals surface area contributed by atoms with E-state index in [2.05, 4.69) is 25.5 Å². The van der Waals surface area contributed by atoms with E-state index in [4.69, 9.17) is 11.6 Å². The van der Waals surface area contributed by atoms with Crippen molar-refractivity contribution in [3.8, 4) is 0 Å². The van der Waals surface area contributed by atoms with E-state index in [1.165, 1.54) is 0 Å². The number of rotatable bonds is 7. The smallest absolute Gasteiger partial charge is 0.270 e. The summed E-state index contributed by atoms with van der Waals surface area (Å²) in [4.78, 5) is 23.1. The molecule has 0 saturated heterocycles. The molecule has 2 N–H and O–H groups in total. The van der Waals surface area contributed by atoms with Gasteiger partial charge in [-0.05, 0) is 70.7 Å². The van der Waals surface area contributed by atoms with E-state index in [0.717, 1.165) is 29.9 Å². The van der Waals surface area contributed by atoms with Crippen molar-refractivity contribution in [1.29, 1.82) is 0 Å². The van der Waals surface area contributed by atoms with Crippen LogP contribution in [-0.2, 0) is 0 Å². The largest absolute Gasteiger partial charge is 0.351 e. The van der Waals surface area contributed by atoms with Gasteiger partial charge >= 0.3 is 0 Å². The second-order valence-electron chi connectivity index (χ2n) is 6.22. The Hall–Kier alpha value is -2.18. The minimum absolute atomic E-state index is 0.194. The summed E-state index contributed by atoms with van der Waals surface area (Å²) in [6.07, 6.45) is 0.887. The van der Waals surface area contributed by atoms with Crippen LogP contribution in [-0.4, -0.2) is 48.0 Å². The predicted octanol–water partition coefficient (Wildman–Crippen LogP) is 3.17. The number of aryl methyl sites for hydroxylation is 2. The van der Waals surface area contributed by atoms with Gasteiger partial charge in [-0.15, -0.1) is 0 Å². The molecule has 0 aliphatic carbocycles. The van der Waals surface area contributed by atoms with E-state index in [1.54, 1.807) is 12.1 Å². The lowest BCUT2D eigenvalue weighted by Gasteiger charge is -2.12. The number of halogens is 1. The quantitative estimate of drug-likeness (QED) is 0.741. The molecule has 0 fully saturated rings. The lowest BCUT2D eigenvalue weighted by Crippen LogP contribution is -2.28. The molecule has 0 aliphatic heterocycles. The molecule has 0 bridgehead atoms. The molecule has 0 atom stereocenters. The molecule has 1 aromatic heterocycles. The van der Waals surface area contributed by atoms with Gasteiger partial charge in [-0.3, -0.25) is 4.79 Å². The fraction of sp³-hybridized carbons (Fsp3) is 0.389. The Kier molecular flexibility index (Phi) is 6.73. The van der Waals surface area contributed by atoms with Gasteiger partial charge in [0.05, 0.1) is 0 Å². The zero-order valence-corrected chi connectivity index (χ0v) is 15.8. The van der Waals surface area contributed by atoms with Crippen LogP contribution in [0.5, 0.6) is 0 Å². The Bertz CT molecular complexity index is 748. The molecule has 0 aliphatic rings. The van der Waals surface area contributed by atoms with Gasteiger partial charge in [0.15, 0.2) is 0 Å². The molecule has 134 valence electrons. The van der Waals surface area contributed by atoms with Crippen LogP contribution in [0.2, 0.25) is 5.02 Å². The molecular weight excluding hydrogens is 338 g/mol. The highest BCUT2D eigenvalue weighted by Gasteiger charge is 2.11. The summed E-state index contributed by atoms with van der Waals surface area (Å²) in [5.74, 6) is 0.198. The van der Waals surface area contributed by atoms with E-state index in [1.807, 2.05) is 40.1 Å². The van der Waals surface area contributed by atoms with Gasteiger partial charge in [0.25, 0.3) is 5.91 Å². The first kappa shape index (κ1) is 19.1. The van der Waals surface area contributed by atoms with Crippen LogP contribution in [0.25, 0.3) is 0 Å². The highest BCUT2D eigenvalue weighted by Crippen LogP contribution is 2.22. The minimum Gasteiger partial charge on any atom is -0.351 e. The zero-order chi connectivity index (χ0) is 18.4. The van der Waals surface area contributed by atoms with Gasteiger partial charge in [0, 0.05) is 22.9 Å². The first-order valence-electron chi connectivity index (χ1n) is 8.17. The van der Waals surface area contributed by atoms with E-state index < -0.39 is 0 Å². The fourth-order valence-corrected chi connectivity index (χ4v) is 2.54. The van der Waals surface area contributed by atoms with Gasteiger partial charge < -0.3 is 15.5 Å². The molecule has 1 amide bonds. The van der Waals surface area contributed by atoms with E-state index >= 15 is 0 Å². The maximum absolute atomic E-state index is 12.3. The Morgan fingerprint density at radius 3 is 2.64 bits per heavy atom. The fourth-order valence-electron chi connectivity index (χ4n) is 2.32. The van der Waals surface area contributed by atoms with Crippen LogP contribution < -0.4 is 10.6 Å². The minimum atomic E-state index is -0.194. The average Bonchev–Trinajstić information content (AvgIpc) is 2.53. The molecule has 0 spiro atoms. The lowest BCUT2D eigenvalue weighted by atomic mass is 10.2. The highest BCUT2D eigenvalue weighted by atomic mass is 35.5. The summed E-state index contributed by atoms with van der Waals surface area (Å²) in [5.41, 5.74) is 2.91. The lowest BCUT2D eigenvalue weighted by molar-refractivity contribution is 0.0947. The Balaban J connectivity index is 2.07. The monoisotopic (exact) mass is 361 g/mol. The molecule has 1 aromatic carbocycles. The van der Waals surface area contributed by atoms with Crippen LogP contribution in [0, 0.1) is 13.8 Å². The topological polar surface area (TPSA) is 70.2 Å². The number of hydrogen-bond donors (Lipinski definition) is 2. The second-order valence-corrected chi connectivity index (χ2v) is 6.65. The maximum atomic E-state index is 12.3. The molecule has 0 unspecified atom stereocenters. The molecule has 2 rings (SSSR count). The van der Waals surface area contributed by atoms with Crippen molar-refractivity contribution in [3.05, 3.63) is 46.2 Å². The predicted molar refractivity (Wildman–Crippen MR) is 102 cm³/mol. The summed E-state index contributed by atoms with van der Waals surface area (Å²) >= 11 is 5.98. The SMILES string of the molecule is Cc1cc(C(=O)NCCCN(C)C)nc(Nc2ccc(Cl)cc2C)n1. The molecule has 25 heavy (non-hydrogen) atoms. The summed E-state index contributed by atoms with van der Waals surface area (Å²) < 4.78 is 0. The summed E-state index contributed by atoms with van der Waals surface area (Å²) in [6, 6.07) is 7.20. The number of carbonyl (C=O) groups excluding carboxylic acids is 1. The van der Waals surface area contributed by atoms with Crippen molar-refractivity contribution in [3.63, 3.8) is 0 Å². The Labute approximate surface area is 153 Å². The molecule has 0 radical (unpaired) electrons. The molecule has 2 aromatic rings. The first-order chi connectivity index (χ1) is 11.8. The van der Waals surface area contributed by atoms with Gasteiger partial charge in [-0.1, -0.05) is 11.6 Å². The summed E-state index contributed by atoms with van der Waals surface area (Å²) in [5, 5.41) is 6.71. The van der Waals surface area contributed by atoms with Gasteiger partial charge in [-0.2, -0.15) is 0 Å². The number of aromatic nitrogens is 2. The third-order valence-electron chi connectivity index (χ3n) is 3.59. The first-order valence-corrected chi connectivity index (χ1v) is 8.55. The third-order valence-corrected chi connectivity index (χ3v) is 3.82. The maximum Gasteiger partial charge on any atom is 0.270 e. The van der Waals surface area contributed by atoms with Gasteiger partial charge in [0.2, 0.25) is 5.95 Å². The van der Waals surface area contributed by atoms with Crippen molar-refractivity contribution in [1.82, 2.24) is 20.2 Å². The van der Waals surface area contributed by atoms with Crippen molar-refractivity contribution >= 4 is 29.1 Å². The van der Waals surface area contributed by atoms with E-state index in [-0.39, 0.29) is 5.91 Å². The number of hydrogen-bond acceptors (Lipinski definition) is 5. The molecule has 1 heterocycles.